The molecule has 0 aromatic heterocycles. The van der Waals surface area contributed by atoms with Gasteiger partial charge < -0.3 is 15.0 Å². The van der Waals surface area contributed by atoms with Crippen molar-refractivity contribution in [3.05, 3.63) is 48.5 Å². The molecule has 0 spiro atoms. The summed E-state index contributed by atoms with van der Waals surface area (Å²) in [6.45, 7) is 0.289. The summed E-state index contributed by atoms with van der Waals surface area (Å²) >= 11 is 0. The second-order valence-electron chi connectivity index (χ2n) is 4.32. The van der Waals surface area contributed by atoms with E-state index in [0.717, 1.165) is 22.8 Å². The Kier molecular flexibility index (Phi) is 2.83. The number of hydrogen-bond donors (Lipinski definition) is 1. The first-order valence-corrected chi connectivity index (χ1v) is 6.09. The van der Waals surface area contributed by atoms with Gasteiger partial charge in [0.2, 0.25) is 5.91 Å². The number of rotatable bonds is 2. The highest BCUT2D eigenvalue weighted by molar-refractivity contribution is 6.03. The number of amides is 1. The average molecular weight is 254 g/mol. The Labute approximate surface area is 111 Å². The predicted molar refractivity (Wildman–Crippen MR) is 75.1 cm³/mol. The third-order valence-electron chi connectivity index (χ3n) is 3.15. The number of nitrogens with one attached hydrogen (secondary N) is 1. The second kappa shape index (κ2) is 4.65. The third kappa shape index (κ3) is 2.01. The molecule has 0 atom stereocenters. The molecule has 1 aliphatic rings. The summed E-state index contributed by atoms with van der Waals surface area (Å²) in [5.74, 6) is 0.733. The molecule has 0 fully saturated rings. The number of fused-ring (bicyclic) bond motifs is 1. The van der Waals surface area contributed by atoms with Gasteiger partial charge in [-0.25, -0.2) is 0 Å². The summed E-state index contributed by atoms with van der Waals surface area (Å²) in [6, 6.07) is 15.4. The van der Waals surface area contributed by atoms with Crippen LogP contribution in [0.3, 0.4) is 0 Å². The molecule has 0 saturated carbocycles. The first kappa shape index (κ1) is 11.6. The summed E-state index contributed by atoms with van der Waals surface area (Å²) in [5, 5.41) is 2.88. The molecule has 3 rings (SSSR count). The standard InChI is InChI=1S/C15H14N2O2/c1-19-14-9-5-4-8-13(14)17-10-15(18)16-11-6-2-3-7-12(11)17/h2-9H,10H2,1H3,(H,16,18). The molecule has 1 heterocycles. The van der Waals surface area contributed by atoms with Crippen molar-refractivity contribution < 1.29 is 9.53 Å². The normalized spacial score (nSPS) is 13.7. The van der Waals surface area contributed by atoms with Crippen molar-refractivity contribution in [3.8, 4) is 5.75 Å². The van der Waals surface area contributed by atoms with Crippen molar-refractivity contribution in [2.24, 2.45) is 0 Å². The molecular formula is C15H14N2O2. The summed E-state index contributed by atoms with van der Waals surface area (Å²) in [4.78, 5) is 13.8. The van der Waals surface area contributed by atoms with Gasteiger partial charge in [0.15, 0.2) is 0 Å². The van der Waals surface area contributed by atoms with Crippen LogP contribution in [0.1, 0.15) is 0 Å². The van der Waals surface area contributed by atoms with Crippen LogP contribution >= 0.6 is 0 Å². The Morgan fingerprint density at radius 1 is 1.05 bits per heavy atom. The number of nitrogens with zero attached hydrogens (tertiary/aromatic N) is 1. The zero-order valence-electron chi connectivity index (χ0n) is 10.6. The van der Waals surface area contributed by atoms with E-state index >= 15 is 0 Å². The molecule has 1 N–H and O–H groups in total. The smallest absolute Gasteiger partial charge is 0.244 e. The van der Waals surface area contributed by atoms with Gasteiger partial charge in [0.05, 0.1) is 24.2 Å². The van der Waals surface area contributed by atoms with Crippen molar-refractivity contribution in [2.75, 3.05) is 23.9 Å². The lowest BCUT2D eigenvalue weighted by atomic mass is 10.1. The minimum absolute atomic E-state index is 0.0235. The van der Waals surface area contributed by atoms with Crippen LogP contribution in [-0.2, 0) is 4.79 Å². The zero-order valence-corrected chi connectivity index (χ0v) is 10.6. The fraction of sp³-hybridized carbons (Fsp3) is 0.133. The first-order valence-electron chi connectivity index (χ1n) is 6.09. The van der Waals surface area contributed by atoms with E-state index in [4.69, 9.17) is 4.74 Å². The Bertz CT molecular complexity index is 625. The van der Waals surface area contributed by atoms with E-state index in [1.165, 1.54) is 0 Å². The lowest BCUT2D eigenvalue weighted by Gasteiger charge is -2.31. The maximum absolute atomic E-state index is 11.8. The fourth-order valence-electron chi connectivity index (χ4n) is 2.30. The maximum atomic E-state index is 11.8. The van der Waals surface area contributed by atoms with Gasteiger partial charge in [0.1, 0.15) is 12.3 Å². The Hall–Kier alpha value is -2.49. The van der Waals surface area contributed by atoms with Gasteiger partial charge in [-0.15, -0.1) is 0 Å². The molecule has 0 saturated heterocycles. The van der Waals surface area contributed by atoms with Crippen LogP contribution in [0.2, 0.25) is 0 Å². The van der Waals surface area contributed by atoms with Crippen LogP contribution < -0.4 is 15.0 Å². The molecule has 4 heteroatoms. The molecule has 0 radical (unpaired) electrons. The SMILES string of the molecule is COc1ccccc1N1CC(=O)Nc2ccccc21. The summed E-state index contributed by atoms with van der Waals surface area (Å²) in [7, 11) is 1.63. The van der Waals surface area contributed by atoms with Crippen molar-refractivity contribution in [2.45, 2.75) is 0 Å². The van der Waals surface area contributed by atoms with Gasteiger partial charge >= 0.3 is 0 Å². The van der Waals surface area contributed by atoms with E-state index in [2.05, 4.69) is 5.32 Å². The van der Waals surface area contributed by atoms with Crippen LogP contribution in [0.15, 0.2) is 48.5 Å². The maximum Gasteiger partial charge on any atom is 0.244 e. The van der Waals surface area contributed by atoms with Crippen LogP contribution in [0.4, 0.5) is 17.1 Å². The first-order chi connectivity index (χ1) is 9.29. The quantitative estimate of drug-likeness (QED) is 0.896. The van der Waals surface area contributed by atoms with E-state index < -0.39 is 0 Å². The van der Waals surface area contributed by atoms with Crippen molar-refractivity contribution in [1.29, 1.82) is 0 Å². The van der Waals surface area contributed by atoms with Crippen LogP contribution in [0.25, 0.3) is 0 Å². The topological polar surface area (TPSA) is 41.6 Å². The number of methoxy groups -OCH3 is 1. The lowest BCUT2D eigenvalue weighted by Crippen LogP contribution is -2.35. The predicted octanol–water partition coefficient (Wildman–Crippen LogP) is 2.79. The Morgan fingerprint density at radius 3 is 2.53 bits per heavy atom. The van der Waals surface area contributed by atoms with Crippen molar-refractivity contribution in [1.82, 2.24) is 0 Å². The van der Waals surface area contributed by atoms with Gasteiger partial charge in [-0.3, -0.25) is 4.79 Å². The van der Waals surface area contributed by atoms with Crippen LogP contribution in [-0.4, -0.2) is 19.6 Å². The molecule has 19 heavy (non-hydrogen) atoms. The minimum Gasteiger partial charge on any atom is -0.495 e. The van der Waals surface area contributed by atoms with Crippen LogP contribution in [0.5, 0.6) is 5.75 Å². The lowest BCUT2D eigenvalue weighted by molar-refractivity contribution is -0.115. The number of carbonyl (C=O) groups is 1. The molecule has 0 unspecified atom stereocenters. The number of anilines is 3. The molecule has 4 nitrogen and oxygen atoms in total. The van der Waals surface area contributed by atoms with Gasteiger partial charge in [0.25, 0.3) is 0 Å². The van der Waals surface area contributed by atoms with Gasteiger partial charge in [-0.05, 0) is 24.3 Å². The Balaban J connectivity index is 2.13. The number of ether oxygens (including phenoxy) is 1. The molecule has 1 amide bonds. The fourth-order valence-corrected chi connectivity index (χ4v) is 2.30. The molecule has 0 bridgehead atoms. The van der Waals surface area contributed by atoms with Crippen molar-refractivity contribution in [3.63, 3.8) is 0 Å². The van der Waals surface area contributed by atoms with Crippen LogP contribution in [0, 0.1) is 0 Å². The van der Waals surface area contributed by atoms with Crippen molar-refractivity contribution >= 4 is 23.0 Å². The number of benzene rings is 2. The number of para-hydroxylation sites is 4. The molecule has 2 aromatic rings. The summed E-state index contributed by atoms with van der Waals surface area (Å²) in [6.07, 6.45) is 0. The minimum atomic E-state index is -0.0235. The average Bonchev–Trinajstić information content (AvgIpc) is 2.46. The summed E-state index contributed by atoms with van der Waals surface area (Å²) in [5.41, 5.74) is 2.70. The van der Waals surface area contributed by atoms with E-state index in [1.54, 1.807) is 7.11 Å². The molecule has 1 aliphatic heterocycles. The van der Waals surface area contributed by atoms with E-state index in [0.29, 0.717) is 0 Å². The largest absolute Gasteiger partial charge is 0.495 e. The number of hydrogen-bond acceptors (Lipinski definition) is 3. The van der Waals surface area contributed by atoms with Gasteiger partial charge in [-0.2, -0.15) is 0 Å². The molecule has 0 aliphatic carbocycles. The van der Waals surface area contributed by atoms with E-state index in [1.807, 2.05) is 53.4 Å². The van der Waals surface area contributed by atoms with E-state index in [-0.39, 0.29) is 12.5 Å². The third-order valence-corrected chi connectivity index (χ3v) is 3.15. The Morgan fingerprint density at radius 2 is 1.74 bits per heavy atom. The monoisotopic (exact) mass is 254 g/mol. The highest BCUT2D eigenvalue weighted by Crippen LogP contribution is 2.38. The molecule has 2 aromatic carbocycles. The summed E-state index contributed by atoms with van der Waals surface area (Å²) < 4.78 is 5.38. The zero-order chi connectivity index (χ0) is 13.2. The van der Waals surface area contributed by atoms with Gasteiger partial charge in [0, 0.05) is 0 Å². The molecule has 96 valence electrons. The van der Waals surface area contributed by atoms with Gasteiger partial charge in [-0.1, -0.05) is 24.3 Å². The molecular weight excluding hydrogens is 240 g/mol. The highest BCUT2D eigenvalue weighted by Gasteiger charge is 2.24. The number of carbonyl (C=O) groups excluding carboxylic acids is 1. The highest BCUT2D eigenvalue weighted by atomic mass is 16.5. The second-order valence-corrected chi connectivity index (χ2v) is 4.32. The van der Waals surface area contributed by atoms with E-state index in [9.17, 15) is 4.79 Å².